The van der Waals surface area contributed by atoms with Crippen molar-refractivity contribution in [2.24, 2.45) is 5.92 Å². The molecule has 0 atom stereocenters. The van der Waals surface area contributed by atoms with Crippen LogP contribution in [0.4, 0.5) is 0 Å². The van der Waals surface area contributed by atoms with Gasteiger partial charge in [-0.15, -0.1) is 0 Å². The second-order valence-electron chi connectivity index (χ2n) is 8.00. The number of aromatic nitrogens is 3. The minimum absolute atomic E-state index is 0.0954. The Morgan fingerprint density at radius 2 is 2.10 bits per heavy atom. The largest absolute Gasteiger partial charge is 0.454 e. The number of nitrogens with zero attached hydrogens (tertiary/aromatic N) is 2. The molecule has 2 N–H and O–H groups in total. The van der Waals surface area contributed by atoms with Crippen molar-refractivity contribution < 1.29 is 14.3 Å². The highest BCUT2D eigenvalue weighted by Crippen LogP contribution is 2.32. The first-order valence-corrected chi connectivity index (χ1v) is 11.3. The highest BCUT2D eigenvalue weighted by Gasteiger charge is 2.16. The predicted molar refractivity (Wildman–Crippen MR) is 120 cm³/mol. The van der Waals surface area contributed by atoms with Crippen molar-refractivity contribution >= 4 is 28.7 Å². The van der Waals surface area contributed by atoms with Gasteiger partial charge in [-0.05, 0) is 43.0 Å². The molecule has 164 valence electrons. The second-order valence-corrected chi connectivity index (χ2v) is 8.94. The minimum Gasteiger partial charge on any atom is -0.454 e. The van der Waals surface area contributed by atoms with Crippen molar-refractivity contribution in [3.63, 3.8) is 0 Å². The van der Waals surface area contributed by atoms with Crippen LogP contribution in [0.3, 0.4) is 0 Å². The molecule has 0 radical (unpaired) electrons. The van der Waals surface area contributed by atoms with Crippen LogP contribution in [0.25, 0.3) is 11.0 Å². The summed E-state index contributed by atoms with van der Waals surface area (Å²) in [6.07, 6.45) is 0.858. The van der Waals surface area contributed by atoms with E-state index in [4.69, 9.17) is 9.47 Å². The molecule has 1 aliphatic heterocycles. The van der Waals surface area contributed by atoms with Crippen LogP contribution in [0.15, 0.2) is 34.2 Å². The van der Waals surface area contributed by atoms with Crippen LogP contribution >= 0.6 is 11.8 Å². The Balaban J connectivity index is 1.44. The van der Waals surface area contributed by atoms with Gasteiger partial charge in [-0.25, -0.2) is 4.98 Å². The smallest absolute Gasteiger partial charge is 0.278 e. The van der Waals surface area contributed by atoms with Gasteiger partial charge in [0.05, 0.1) is 11.3 Å². The van der Waals surface area contributed by atoms with E-state index in [2.05, 4.69) is 29.1 Å². The molecule has 1 amide bonds. The molecule has 1 aliphatic rings. The number of fused-ring (bicyclic) bond motifs is 2. The molecule has 0 fully saturated rings. The Morgan fingerprint density at radius 1 is 1.29 bits per heavy atom. The number of aryl methyl sites for hydroxylation is 1. The number of rotatable bonds is 8. The van der Waals surface area contributed by atoms with E-state index in [0.717, 1.165) is 17.7 Å². The number of ether oxygens (including phenoxy) is 2. The molecule has 0 saturated heterocycles. The molecule has 0 saturated carbocycles. The molecule has 2 aromatic heterocycles. The summed E-state index contributed by atoms with van der Waals surface area (Å²) in [6.45, 7) is 7.31. The van der Waals surface area contributed by atoms with E-state index >= 15 is 0 Å². The molecule has 3 aromatic rings. The van der Waals surface area contributed by atoms with Gasteiger partial charge in [-0.3, -0.25) is 14.2 Å². The molecular formula is C22H26N4O4S. The average molecular weight is 443 g/mol. The third-order valence-corrected chi connectivity index (χ3v) is 6.00. The molecule has 8 nitrogen and oxygen atoms in total. The van der Waals surface area contributed by atoms with Gasteiger partial charge in [0.1, 0.15) is 5.52 Å². The number of benzene rings is 1. The fourth-order valence-corrected chi connectivity index (χ4v) is 4.19. The van der Waals surface area contributed by atoms with Crippen LogP contribution in [0.2, 0.25) is 0 Å². The summed E-state index contributed by atoms with van der Waals surface area (Å²) >= 11 is 1.28. The molecule has 3 heterocycles. The average Bonchev–Trinajstić information content (AvgIpc) is 3.35. The van der Waals surface area contributed by atoms with E-state index in [1.165, 1.54) is 11.8 Å². The van der Waals surface area contributed by atoms with Gasteiger partial charge >= 0.3 is 0 Å². The minimum atomic E-state index is -0.127. The number of hydrogen-bond donors (Lipinski definition) is 2. The van der Waals surface area contributed by atoms with Crippen molar-refractivity contribution in [2.75, 3.05) is 12.5 Å². The monoisotopic (exact) mass is 442 g/mol. The molecule has 0 bridgehead atoms. The van der Waals surface area contributed by atoms with E-state index in [1.54, 1.807) is 4.57 Å². The van der Waals surface area contributed by atoms with Gasteiger partial charge in [0, 0.05) is 18.8 Å². The summed E-state index contributed by atoms with van der Waals surface area (Å²) in [7, 11) is 0. The van der Waals surface area contributed by atoms with Crippen LogP contribution < -0.4 is 20.3 Å². The van der Waals surface area contributed by atoms with E-state index in [-0.39, 0.29) is 24.0 Å². The summed E-state index contributed by atoms with van der Waals surface area (Å²) in [5, 5.41) is 3.47. The lowest BCUT2D eigenvalue weighted by atomic mass is 10.1. The number of nitrogens with one attached hydrogen (secondary N) is 2. The zero-order valence-corrected chi connectivity index (χ0v) is 18.7. The lowest BCUT2D eigenvalue weighted by Gasteiger charge is -2.13. The Labute approximate surface area is 184 Å². The molecule has 0 aliphatic carbocycles. The molecule has 0 unspecified atom stereocenters. The van der Waals surface area contributed by atoms with E-state index in [9.17, 15) is 9.59 Å². The zero-order valence-electron chi connectivity index (χ0n) is 17.9. The molecule has 9 heteroatoms. The van der Waals surface area contributed by atoms with Gasteiger partial charge in [-0.1, -0.05) is 31.7 Å². The zero-order chi connectivity index (χ0) is 22.0. The summed E-state index contributed by atoms with van der Waals surface area (Å²) in [4.78, 5) is 33.2. The van der Waals surface area contributed by atoms with Crippen LogP contribution in [0, 0.1) is 12.8 Å². The maximum Gasteiger partial charge on any atom is 0.278 e. The van der Waals surface area contributed by atoms with Crippen molar-refractivity contribution in [2.45, 2.75) is 45.4 Å². The second kappa shape index (κ2) is 9.05. The standard InChI is InChI=1S/C22H26N4O4S/c1-13(2)6-7-26-21(28)20-16(8-14(3)24-20)25-22(26)31-11-19(27)23-10-15-4-5-17-18(9-15)30-12-29-17/h4-5,8-9,13,24H,6-7,10-12H2,1-3H3,(H,23,27). The van der Waals surface area contributed by atoms with Gasteiger partial charge < -0.3 is 19.8 Å². The number of thioether (sulfide) groups is 1. The van der Waals surface area contributed by atoms with E-state index in [0.29, 0.717) is 46.7 Å². The van der Waals surface area contributed by atoms with Crippen molar-refractivity contribution in [1.82, 2.24) is 19.9 Å². The maximum atomic E-state index is 13.0. The van der Waals surface area contributed by atoms with Crippen molar-refractivity contribution in [3.05, 3.63) is 45.9 Å². The summed E-state index contributed by atoms with van der Waals surface area (Å²) in [6, 6.07) is 7.45. The summed E-state index contributed by atoms with van der Waals surface area (Å²) in [5.41, 5.74) is 2.86. The van der Waals surface area contributed by atoms with Crippen molar-refractivity contribution in [3.8, 4) is 11.5 Å². The Kier molecular flexibility index (Phi) is 6.22. The highest BCUT2D eigenvalue weighted by molar-refractivity contribution is 7.99. The fraction of sp³-hybridized carbons (Fsp3) is 0.409. The molecule has 0 spiro atoms. The summed E-state index contributed by atoms with van der Waals surface area (Å²) < 4.78 is 12.3. The molecule has 1 aromatic carbocycles. The highest BCUT2D eigenvalue weighted by atomic mass is 32.2. The van der Waals surface area contributed by atoms with Crippen LogP contribution in [0.5, 0.6) is 11.5 Å². The quantitative estimate of drug-likeness (QED) is 0.411. The van der Waals surface area contributed by atoms with Crippen LogP contribution in [-0.4, -0.2) is 33.0 Å². The van der Waals surface area contributed by atoms with Crippen molar-refractivity contribution in [1.29, 1.82) is 0 Å². The predicted octanol–water partition coefficient (Wildman–Crippen LogP) is 3.22. The SMILES string of the molecule is Cc1cc2nc(SCC(=O)NCc3ccc4c(c3)OCO4)n(CCC(C)C)c(=O)c2[nH]1. The number of carbonyl (C=O) groups is 1. The van der Waals surface area contributed by atoms with Crippen LogP contribution in [0.1, 0.15) is 31.5 Å². The van der Waals surface area contributed by atoms with Gasteiger partial charge in [0.25, 0.3) is 5.56 Å². The Morgan fingerprint density at radius 3 is 2.90 bits per heavy atom. The molecular weight excluding hydrogens is 416 g/mol. The first-order valence-electron chi connectivity index (χ1n) is 10.3. The lowest BCUT2D eigenvalue weighted by Crippen LogP contribution is -2.27. The topological polar surface area (TPSA) is 98.2 Å². The molecule has 4 rings (SSSR count). The Hall–Kier alpha value is -2.94. The maximum absolute atomic E-state index is 13.0. The third kappa shape index (κ3) is 4.87. The number of hydrogen-bond acceptors (Lipinski definition) is 6. The van der Waals surface area contributed by atoms with E-state index in [1.807, 2.05) is 31.2 Å². The fourth-order valence-electron chi connectivity index (χ4n) is 3.34. The van der Waals surface area contributed by atoms with Gasteiger partial charge in [-0.2, -0.15) is 0 Å². The van der Waals surface area contributed by atoms with E-state index < -0.39 is 0 Å². The Bertz CT molecular complexity index is 1170. The first-order chi connectivity index (χ1) is 14.9. The number of H-pyrrole nitrogens is 1. The molecule has 31 heavy (non-hydrogen) atoms. The number of amides is 1. The third-order valence-electron chi connectivity index (χ3n) is 5.03. The number of carbonyl (C=O) groups excluding carboxylic acids is 1. The normalized spacial score (nSPS) is 12.6. The first kappa shape index (κ1) is 21.3. The van der Waals surface area contributed by atoms with Crippen LogP contribution in [-0.2, 0) is 17.9 Å². The summed E-state index contributed by atoms with van der Waals surface area (Å²) in [5.74, 6) is 1.91. The number of aromatic amines is 1. The van der Waals surface area contributed by atoms with Gasteiger partial charge in [0.15, 0.2) is 16.7 Å². The van der Waals surface area contributed by atoms with Gasteiger partial charge in [0.2, 0.25) is 12.7 Å². The lowest BCUT2D eigenvalue weighted by molar-refractivity contribution is -0.118.